The van der Waals surface area contributed by atoms with E-state index in [2.05, 4.69) is 15.6 Å². The second kappa shape index (κ2) is 8.13. The molecule has 1 aliphatic heterocycles. The third-order valence-corrected chi connectivity index (χ3v) is 4.79. The summed E-state index contributed by atoms with van der Waals surface area (Å²) >= 11 is 18.3. The lowest BCUT2D eigenvalue weighted by Gasteiger charge is -2.34. The quantitative estimate of drug-likeness (QED) is 0.750. The van der Waals surface area contributed by atoms with Gasteiger partial charge in [-0.3, -0.25) is 4.98 Å². The van der Waals surface area contributed by atoms with Crippen LogP contribution >= 0.6 is 34.8 Å². The highest BCUT2D eigenvalue weighted by atomic mass is 35.5. The molecule has 1 fully saturated rings. The SMILES string of the molecule is O=C(Nc1cccc(Cl)c1)N1CCC[C@@H](Nc2c(Cl)cncc2Cl)C1. The number of nitrogens with zero attached hydrogens (tertiary/aromatic N) is 2. The number of benzene rings is 1. The van der Waals surface area contributed by atoms with Gasteiger partial charge in [0.1, 0.15) is 0 Å². The molecule has 8 heteroatoms. The van der Waals surface area contributed by atoms with Crippen molar-refractivity contribution in [2.45, 2.75) is 18.9 Å². The van der Waals surface area contributed by atoms with Gasteiger partial charge in [0, 0.05) is 42.2 Å². The van der Waals surface area contributed by atoms with E-state index in [1.807, 2.05) is 0 Å². The Kier molecular flexibility index (Phi) is 5.89. The van der Waals surface area contributed by atoms with E-state index in [1.165, 1.54) is 0 Å². The molecule has 1 aromatic heterocycles. The van der Waals surface area contributed by atoms with E-state index < -0.39 is 0 Å². The first-order valence-corrected chi connectivity index (χ1v) is 9.03. The number of anilines is 2. The number of likely N-dealkylation sites (tertiary alicyclic amines) is 1. The maximum absolute atomic E-state index is 12.5. The molecule has 0 aliphatic carbocycles. The van der Waals surface area contributed by atoms with Gasteiger partial charge in [0.15, 0.2) is 0 Å². The summed E-state index contributed by atoms with van der Waals surface area (Å²) in [5.41, 5.74) is 1.33. The van der Waals surface area contributed by atoms with Gasteiger partial charge in [0.05, 0.1) is 15.7 Å². The number of amides is 2. The summed E-state index contributed by atoms with van der Waals surface area (Å²) in [6, 6.07) is 7.00. The maximum Gasteiger partial charge on any atom is 0.321 e. The summed E-state index contributed by atoms with van der Waals surface area (Å²) in [6.45, 7) is 1.25. The summed E-state index contributed by atoms with van der Waals surface area (Å²) in [6.07, 6.45) is 4.90. The second-order valence-electron chi connectivity index (χ2n) is 5.85. The first kappa shape index (κ1) is 18.1. The molecule has 2 heterocycles. The van der Waals surface area contributed by atoms with E-state index >= 15 is 0 Å². The minimum absolute atomic E-state index is 0.0660. The smallest absolute Gasteiger partial charge is 0.321 e. The van der Waals surface area contributed by atoms with Crippen molar-refractivity contribution in [1.82, 2.24) is 9.88 Å². The molecule has 0 saturated carbocycles. The average molecular weight is 400 g/mol. The van der Waals surface area contributed by atoms with Gasteiger partial charge in [-0.25, -0.2) is 4.79 Å². The number of carbonyl (C=O) groups is 1. The van der Waals surface area contributed by atoms with E-state index in [0.29, 0.717) is 39.5 Å². The Balaban J connectivity index is 1.63. The minimum atomic E-state index is -0.152. The lowest BCUT2D eigenvalue weighted by molar-refractivity contribution is 0.196. The number of urea groups is 1. The number of pyridine rings is 1. The van der Waals surface area contributed by atoms with Crippen LogP contribution in [0.15, 0.2) is 36.7 Å². The molecule has 0 bridgehead atoms. The highest BCUT2D eigenvalue weighted by Gasteiger charge is 2.24. The van der Waals surface area contributed by atoms with Gasteiger partial charge in [0.25, 0.3) is 0 Å². The zero-order valence-corrected chi connectivity index (χ0v) is 15.6. The molecule has 3 rings (SSSR count). The molecule has 2 aromatic rings. The van der Waals surface area contributed by atoms with E-state index in [9.17, 15) is 4.79 Å². The zero-order chi connectivity index (χ0) is 17.8. The van der Waals surface area contributed by atoms with Crippen LogP contribution < -0.4 is 10.6 Å². The largest absolute Gasteiger partial charge is 0.378 e. The Morgan fingerprint density at radius 2 is 1.96 bits per heavy atom. The standard InChI is InChI=1S/C17H17Cl3N4O/c18-11-3-1-4-12(7-11)23-17(25)24-6-2-5-13(10-24)22-16-14(19)8-21-9-15(16)20/h1,3-4,7-9,13H,2,5-6,10H2,(H,21,22)(H,23,25)/t13-/m1/s1. The van der Waals surface area contributed by atoms with Gasteiger partial charge in [-0.05, 0) is 31.0 Å². The van der Waals surface area contributed by atoms with Crippen LogP contribution in [0.5, 0.6) is 0 Å². The maximum atomic E-state index is 12.5. The molecule has 0 spiro atoms. The van der Waals surface area contributed by atoms with Crippen LogP contribution in [0.3, 0.4) is 0 Å². The van der Waals surface area contributed by atoms with Crippen molar-refractivity contribution >= 4 is 52.2 Å². The predicted molar refractivity (Wildman–Crippen MR) is 103 cm³/mol. The molecular formula is C17H17Cl3N4O. The molecule has 1 aromatic carbocycles. The van der Waals surface area contributed by atoms with Gasteiger partial charge in [0.2, 0.25) is 0 Å². The molecule has 1 atom stereocenters. The first-order chi connectivity index (χ1) is 12.0. The Morgan fingerprint density at radius 3 is 2.68 bits per heavy atom. The second-order valence-corrected chi connectivity index (χ2v) is 7.10. The number of carbonyl (C=O) groups excluding carboxylic acids is 1. The third-order valence-electron chi connectivity index (χ3n) is 3.99. The van der Waals surface area contributed by atoms with E-state index in [1.54, 1.807) is 41.6 Å². The fourth-order valence-electron chi connectivity index (χ4n) is 2.80. The first-order valence-electron chi connectivity index (χ1n) is 7.90. The van der Waals surface area contributed by atoms with Crippen LogP contribution in [-0.4, -0.2) is 35.0 Å². The number of hydrogen-bond acceptors (Lipinski definition) is 3. The van der Waals surface area contributed by atoms with Crippen molar-refractivity contribution < 1.29 is 4.79 Å². The Morgan fingerprint density at radius 1 is 1.20 bits per heavy atom. The summed E-state index contributed by atoms with van der Waals surface area (Å²) < 4.78 is 0. The van der Waals surface area contributed by atoms with Gasteiger partial charge < -0.3 is 15.5 Å². The molecule has 1 saturated heterocycles. The summed E-state index contributed by atoms with van der Waals surface area (Å²) in [5, 5.41) is 7.71. The average Bonchev–Trinajstić information content (AvgIpc) is 2.58. The molecular weight excluding hydrogens is 383 g/mol. The van der Waals surface area contributed by atoms with Crippen molar-refractivity contribution in [2.24, 2.45) is 0 Å². The Labute approximate surface area is 161 Å². The van der Waals surface area contributed by atoms with Crippen LogP contribution in [0.2, 0.25) is 15.1 Å². The van der Waals surface area contributed by atoms with Crippen molar-refractivity contribution in [3.8, 4) is 0 Å². The molecule has 0 radical (unpaired) electrons. The number of piperidine rings is 1. The lowest BCUT2D eigenvalue weighted by Crippen LogP contribution is -2.46. The molecule has 0 unspecified atom stereocenters. The molecule has 132 valence electrons. The normalized spacial score (nSPS) is 17.2. The fourth-order valence-corrected chi connectivity index (χ4v) is 3.47. The molecule has 25 heavy (non-hydrogen) atoms. The number of rotatable bonds is 3. The van der Waals surface area contributed by atoms with Gasteiger partial charge in [-0.2, -0.15) is 0 Å². The highest BCUT2D eigenvalue weighted by molar-refractivity contribution is 6.38. The molecule has 1 aliphatic rings. The highest BCUT2D eigenvalue weighted by Crippen LogP contribution is 2.30. The van der Waals surface area contributed by atoms with Crippen molar-refractivity contribution in [1.29, 1.82) is 0 Å². The van der Waals surface area contributed by atoms with E-state index in [0.717, 1.165) is 12.8 Å². The zero-order valence-electron chi connectivity index (χ0n) is 13.3. The van der Waals surface area contributed by atoms with E-state index in [4.69, 9.17) is 34.8 Å². The van der Waals surface area contributed by atoms with Crippen molar-refractivity contribution in [3.05, 3.63) is 51.7 Å². The molecule has 2 N–H and O–H groups in total. The molecule has 2 amide bonds. The number of nitrogens with one attached hydrogen (secondary N) is 2. The van der Waals surface area contributed by atoms with E-state index in [-0.39, 0.29) is 12.1 Å². The lowest BCUT2D eigenvalue weighted by atomic mass is 10.1. The monoisotopic (exact) mass is 398 g/mol. The van der Waals surface area contributed by atoms with Crippen LogP contribution in [0.4, 0.5) is 16.2 Å². The summed E-state index contributed by atoms with van der Waals surface area (Å²) in [5.74, 6) is 0. The van der Waals surface area contributed by atoms with Gasteiger partial charge >= 0.3 is 6.03 Å². The minimum Gasteiger partial charge on any atom is -0.378 e. The third kappa shape index (κ3) is 4.69. The van der Waals surface area contributed by atoms with Crippen LogP contribution in [0.1, 0.15) is 12.8 Å². The summed E-state index contributed by atoms with van der Waals surface area (Å²) in [4.78, 5) is 18.2. The Bertz CT molecular complexity index is 751. The van der Waals surface area contributed by atoms with Gasteiger partial charge in [-0.1, -0.05) is 40.9 Å². The number of aromatic nitrogens is 1. The molecule has 5 nitrogen and oxygen atoms in total. The van der Waals surface area contributed by atoms with Crippen LogP contribution in [-0.2, 0) is 0 Å². The Hall–Kier alpha value is -1.69. The fraction of sp³-hybridized carbons (Fsp3) is 0.294. The van der Waals surface area contributed by atoms with Gasteiger partial charge in [-0.15, -0.1) is 0 Å². The summed E-state index contributed by atoms with van der Waals surface area (Å²) in [7, 11) is 0. The number of hydrogen-bond donors (Lipinski definition) is 2. The van der Waals surface area contributed by atoms with Crippen molar-refractivity contribution in [2.75, 3.05) is 23.7 Å². The number of halogens is 3. The topological polar surface area (TPSA) is 57.3 Å². The van der Waals surface area contributed by atoms with Crippen LogP contribution in [0.25, 0.3) is 0 Å². The predicted octanol–water partition coefficient (Wildman–Crippen LogP) is 5.15. The van der Waals surface area contributed by atoms with Crippen molar-refractivity contribution in [3.63, 3.8) is 0 Å². The van der Waals surface area contributed by atoms with Crippen LogP contribution in [0, 0.1) is 0 Å².